The Balaban J connectivity index is 1.71. The molecule has 0 bridgehead atoms. The minimum atomic E-state index is -0.552. The van der Waals surface area contributed by atoms with Crippen LogP contribution in [0.4, 0.5) is 14.5 Å². The average Bonchev–Trinajstić information content (AvgIpc) is 2.73. The summed E-state index contributed by atoms with van der Waals surface area (Å²) >= 11 is 1.57. The molecular formula is C24H30F2N2O2S. The van der Waals surface area contributed by atoms with Crippen LogP contribution in [-0.2, 0) is 9.53 Å². The molecule has 3 rings (SSSR count). The number of pyridine rings is 1. The van der Waals surface area contributed by atoms with E-state index in [1.165, 1.54) is 12.1 Å². The van der Waals surface area contributed by atoms with E-state index in [0.717, 1.165) is 29.9 Å². The zero-order valence-corrected chi connectivity index (χ0v) is 19.2. The molecule has 1 saturated heterocycles. The highest BCUT2D eigenvalue weighted by Crippen LogP contribution is 2.36. The number of benzene rings is 1. The third-order valence-electron chi connectivity index (χ3n) is 5.44. The van der Waals surface area contributed by atoms with Crippen molar-refractivity contribution in [3.05, 3.63) is 42.1 Å². The van der Waals surface area contributed by atoms with E-state index in [-0.39, 0.29) is 11.7 Å². The lowest BCUT2D eigenvalue weighted by atomic mass is 9.91. The van der Waals surface area contributed by atoms with E-state index in [9.17, 15) is 4.79 Å². The first-order chi connectivity index (χ1) is 14.9. The Bertz CT molecular complexity index is 876. The van der Waals surface area contributed by atoms with Gasteiger partial charge in [-0.15, -0.1) is 11.8 Å². The van der Waals surface area contributed by atoms with Crippen LogP contribution in [0, 0.1) is 17.6 Å². The summed E-state index contributed by atoms with van der Waals surface area (Å²) < 4.78 is 35.1. The van der Waals surface area contributed by atoms with Gasteiger partial charge in [-0.05, 0) is 55.9 Å². The molecule has 1 fully saturated rings. The van der Waals surface area contributed by atoms with Crippen LogP contribution in [0.2, 0.25) is 0 Å². The number of aromatic nitrogens is 1. The largest absolute Gasteiger partial charge is 0.466 e. The van der Waals surface area contributed by atoms with Gasteiger partial charge in [0.05, 0.1) is 6.61 Å². The third-order valence-corrected chi connectivity index (χ3v) is 6.46. The van der Waals surface area contributed by atoms with Gasteiger partial charge in [0, 0.05) is 36.5 Å². The summed E-state index contributed by atoms with van der Waals surface area (Å²) in [6.45, 7) is 7.45. The number of nitrogens with zero attached hydrogens (tertiary/aromatic N) is 2. The van der Waals surface area contributed by atoms with Gasteiger partial charge in [-0.2, -0.15) is 0 Å². The van der Waals surface area contributed by atoms with Crippen molar-refractivity contribution in [3.63, 3.8) is 0 Å². The molecule has 0 saturated carbocycles. The normalized spacial score (nSPS) is 14.8. The van der Waals surface area contributed by atoms with Gasteiger partial charge in [-0.3, -0.25) is 4.79 Å². The maximum Gasteiger partial charge on any atom is 0.305 e. The molecule has 0 aliphatic carbocycles. The Morgan fingerprint density at radius 1 is 1.26 bits per heavy atom. The highest BCUT2D eigenvalue weighted by molar-refractivity contribution is 7.99. The number of piperidine rings is 1. The van der Waals surface area contributed by atoms with Gasteiger partial charge < -0.3 is 9.64 Å². The quantitative estimate of drug-likeness (QED) is 0.361. The van der Waals surface area contributed by atoms with Gasteiger partial charge in [0.2, 0.25) is 0 Å². The molecule has 1 aromatic heterocycles. The summed E-state index contributed by atoms with van der Waals surface area (Å²) in [6, 6.07) is 6.45. The van der Waals surface area contributed by atoms with Crippen molar-refractivity contribution in [2.75, 3.05) is 24.6 Å². The Hall–Kier alpha value is -2.15. The number of carbonyl (C=O) groups excluding carboxylic acids is 1. The van der Waals surface area contributed by atoms with E-state index >= 15 is 8.78 Å². The van der Waals surface area contributed by atoms with Crippen molar-refractivity contribution in [3.8, 4) is 11.1 Å². The van der Waals surface area contributed by atoms with E-state index in [4.69, 9.17) is 4.74 Å². The molecule has 0 radical (unpaired) electrons. The van der Waals surface area contributed by atoms with E-state index < -0.39 is 11.6 Å². The van der Waals surface area contributed by atoms with Crippen molar-refractivity contribution < 1.29 is 18.3 Å². The van der Waals surface area contributed by atoms with Crippen molar-refractivity contribution in [1.82, 2.24) is 4.98 Å². The van der Waals surface area contributed by atoms with Crippen molar-refractivity contribution in [2.45, 2.75) is 56.7 Å². The van der Waals surface area contributed by atoms with Crippen LogP contribution in [0.15, 0.2) is 35.5 Å². The molecule has 7 heteroatoms. The standard InChI is InChI=1S/C24H30F2N2O2S/c1-4-30-22(29)8-7-17-9-12-28(13-10-17)23-20(25)14-18(15-21(23)26)19-6-5-11-27-24(19)31-16(2)3/h5-6,11,14-17H,4,7-10,12-13H2,1-3H3. The lowest BCUT2D eigenvalue weighted by Crippen LogP contribution is -2.35. The summed E-state index contributed by atoms with van der Waals surface area (Å²) in [5.74, 6) is -0.909. The zero-order chi connectivity index (χ0) is 22.4. The molecule has 2 heterocycles. The number of hydrogen-bond donors (Lipinski definition) is 0. The summed E-state index contributed by atoms with van der Waals surface area (Å²) in [4.78, 5) is 17.7. The molecule has 2 aromatic rings. The average molecular weight is 449 g/mol. The Morgan fingerprint density at radius 2 is 1.94 bits per heavy atom. The predicted octanol–water partition coefficient (Wildman–Crippen LogP) is 6.09. The van der Waals surface area contributed by atoms with Gasteiger partial charge in [0.25, 0.3) is 0 Å². The maximum atomic E-state index is 15.0. The minimum absolute atomic E-state index is 0.0366. The monoisotopic (exact) mass is 448 g/mol. The lowest BCUT2D eigenvalue weighted by Gasteiger charge is -2.34. The molecule has 1 aliphatic heterocycles. The molecule has 0 amide bonds. The number of carbonyl (C=O) groups is 1. The van der Waals surface area contributed by atoms with Crippen LogP contribution in [0.5, 0.6) is 0 Å². The number of thioether (sulfide) groups is 1. The van der Waals surface area contributed by atoms with E-state index in [1.807, 2.05) is 6.07 Å². The zero-order valence-electron chi connectivity index (χ0n) is 18.4. The number of anilines is 1. The molecule has 4 nitrogen and oxygen atoms in total. The van der Waals surface area contributed by atoms with Crippen LogP contribution >= 0.6 is 11.8 Å². The smallest absolute Gasteiger partial charge is 0.305 e. The first-order valence-electron chi connectivity index (χ1n) is 10.9. The highest BCUT2D eigenvalue weighted by atomic mass is 32.2. The molecule has 168 valence electrons. The van der Waals surface area contributed by atoms with E-state index in [0.29, 0.717) is 42.8 Å². The summed E-state index contributed by atoms with van der Waals surface area (Å²) in [5.41, 5.74) is 1.28. The van der Waals surface area contributed by atoms with Crippen LogP contribution in [0.3, 0.4) is 0 Å². The van der Waals surface area contributed by atoms with Gasteiger partial charge >= 0.3 is 5.97 Å². The van der Waals surface area contributed by atoms with E-state index in [1.54, 1.807) is 35.8 Å². The topological polar surface area (TPSA) is 42.4 Å². The lowest BCUT2D eigenvalue weighted by molar-refractivity contribution is -0.143. The van der Waals surface area contributed by atoms with E-state index in [2.05, 4.69) is 18.8 Å². The number of ether oxygens (including phenoxy) is 1. The molecule has 0 spiro atoms. The second-order valence-electron chi connectivity index (χ2n) is 8.09. The second kappa shape index (κ2) is 10.9. The van der Waals surface area contributed by atoms with Crippen molar-refractivity contribution >= 4 is 23.4 Å². The van der Waals surface area contributed by atoms with Crippen molar-refractivity contribution in [1.29, 1.82) is 0 Å². The molecule has 0 unspecified atom stereocenters. The molecule has 0 atom stereocenters. The molecule has 1 aliphatic rings. The van der Waals surface area contributed by atoms with Gasteiger partial charge in [-0.25, -0.2) is 13.8 Å². The Kier molecular flexibility index (Phi) is 8.29. The number of rotatable bonds is 8. The molecule has 31 heavy (non-hydrogen) atoms. The maximum absolute atomic E-state index is 15.0. The second-order valence-corrected chi connectivity index (χ2v) is 9.65. The first kappa shape index (κ1) is 23.5. The van der Waals surface area contributed by atoms with Crippen LogP contribution in [0.25, 0.3) is 11.1 Å². The Morgan fingerprint density at radius 3 is 2.55 bits per heavy atom. The number of halogens is 2. The number of esters is 1. The molecular weight excluding hydrogens is 418 g/mol. The molecule has 0 N–H and O–H groups in total. The van der Waals surface area contributed by atoms with Crippen LogP contribution in [0.1, 0.15) is 46.5 Å². The third kappa shape index (κ3) is 6.19. The SMILES string of the molecule is CCOC(=O)CCC1CCN(c2c(F)cc(-c3cccnc3SC(C)C)cc2F)CC1. The summed E-state index contributed by atoms with van der Waals surface area (Å²) in [5, 5.41) is 1.08. The van der Waals surface area contributed by atoms with Gasteiger partial charge in [0.15, 0.2) is 0 Å². The van der Waals surface area contributed by atoms with Crippen LogP contribution < -0.4 is 4.90 Å². The summed E-state index contributed by atoms with van der Waals surface area (Å²) in [7, 11) is 0. The van der Waals surface area contributed by atoms with Gasteiger partial charge in [-0.1, -0.05) is 19.9 Å². The fraction of sp³-hybridized carbons (Fsp3) is 0.500. The van der Waals surface area contributed by atoms with Gasteiger partial charge in [0.1, 0.15) is 22.3 Å². The van der Waals surface area contributed by atoms with Crippen molar-refractivity contribution in [2.24, 2.45) is 5.92 Å². The highest BCUT2D eigenvalue weighted by Gasteiger charge is 2.25. The summed E-state index contributed by atoms with van der Waals surface area (Å²) in [6.07, 6.45) is 4.46. The first-order valence-corrected chi connectivity index (χ1v) is 11.8. The minimum Gasteiger partial charge on any atom is -0.466 e. The molecule has 1 aromatic carbocycles. The predicted molar refractivity (Wildman–Crippen MR) is 121 cm³/mol. The fourth-order valence-electron chi connectivity index (χ4n) is 3.95. The fourth-order valence-corrected chi connectivity index (χ4v) is 4.83. The Labute approximate surface area is 187 Å². The number of hydrogen-bond acceptors (Lipinski definition) is 5. The van der Waals surface area contributed by atoms with Crippen LogP contribution in [-0.4, -0.2) is 35.9 Å².